The third-order valence-electron chi connectivity index (χ3n) is 5.98. The van der Waals surface area contributed by atoms with Crippen molar-refractivity contribution in [1.82, 2.24) is 5.32 Å². The minimum Gasteiger partial charge on any atom is -0.316 e. The van der Waals surface area contributed by atoms with Crippen LogP contribution in [0.5, 0.6) is 0 Å². The van der Waals surface area contributed by atoms with Gasteiger partial charge >= 0.3 is 6.18 Å². The van der Waals surface area contributed by atoms with Gasteiger partial charge in [-0.2, -0.15) is 13.2 Å². The van der Waals surface area contributed by atoms with Crippen molar-refractivity contribution in [2.24, 2.45) is 23.7 Å². The lowest BCUT2D eigenvalue weighted by Crippen LogP contribution is -2.44. The van der Waals surface area contributed by atoms with Gasteiger partial charge in [-0.25, -0.2) is 0 Å². The third kappa shape index (κ3) is 4.37. The van der Waals surface area contributed by atoms with Crippen LogP contribution in [0.3, 0.4) is 0 Å². The van der Waals surface area contributed by atoms with Crippen molar-refractivity contribution >= 4 is 0 Å². The summed E-state index contributed by atoms with van der Waals surface area (Å²) in [4.78, 5) is 0. The van der Waals surface area contributed by atoms with Crippen LogP contribution in [0, 0.1) is 23.7 Å². The fourth-order valence-electron chi connectivity index (χ4n) is 4.69. The molecule has 2 aliphatic rings. The van der Waals surface area contributed by atoms with E-state index < -0.39 is 12.1 Å². The van der Waals surface area contributed by atoms with Crippen LogP contribution in [0.4, 0.5) is 13.2 Å². The van der Waals surface area contributed by atoms with E-state index in [1.54, 1.807) is 0 Å². The van der Waals surface area contributed by atoms with Crippen LogP contribution in [0.2, 0.25) is 0 Å². The van der Waals surface area contributed by atoms with Crippen molar-refractivity contribution in [2.75, 3.05) is 7.05 Å². The highest BCUT2D eigenvalue weighted by atomic mass is 19.4. The van der Waals surface area contributed by atoms with Gasteiger partial charge in [-0.15, -0.1) is 0 Å². The minimum absolute atomic E-state index is 0.330. The first kappa shape index (κ1) is 17.1. The molecule has 0 aliphatic heterocycles. The van der Waals surface area contributed by atoms with Gasteiger partial charge in [0.1, 0.15) is 0 Å². The highest BCUT2D eigenvalue weighted by Crippen LogP contribution is 2.43. The Balaban J connectivity index is 1.90. The first-order valence-electron chi connectivity index (χ1n) is 8.69. The topological polar surface area (TPSA) is 12.0 Å². The van der Waals surface area contributed by atoms with Crippen molar-refractivity contribution in [3.05, 3.63) is 0 Å². The maximum absolute atomic E-state index is 12.8. The molecule has 0 aromatic rings. The van der Waals surface area contributed by atoms with E-state index in [0.717, 1.165) is 18.8 Å². The molecule has 0 bridgehead atoms. The van der Waals surface area contributed by atoms with E-state index >= 15 is 0 Å². The summed E-state index contributed by atoms with van der Waals surface area (Å²) in [5.41, 5.74) is 0. The SMILES string of the molecule is CCC1CCCC(C(NC)C2CCC(C(F)(F)F)CC2)C1. The number of halogens is 3. The quantitative estimate of drug-likeness (QED) is 0.756. The molecule has 0 aromatic heterocycles. The van der Waals surface area contributed by atoms with Gasteiger partial charge in [0.2, 0.25) is 0 Å². The van der Waals surface area contributed by atoms with Crippen molar-refractivity contribution in [1.29, 1.82) is 0 Å². The van der Waals surface area contributed by atoms with Gasteiger partial charge in [0, 0.05) is 6.04 Å². The molecule has 1 nitrogen and oxygen atoms in total. The summed E-state index contributed by atoms with van der Waals surface area (Å²) in [7, 11) is 2.00. The zero-order chi connectivity index (χ0) is 15.5. The van der Waals surface area contributed by atoms with E-state index in [1.165, 1.54) is 32.1 Å². The number of hydrogen-bond donors (Lipinski definition) is 1. The first-order valence-corrected chi connectivity index (χ1v) is 8.69. The minimum atomic E-state index is -3.99. The van der Waals surface area contributed by atoms with Crippen molar-refractivity contribution in [3.8, 4) is 0 Å². The largest absolute Gasteiger partial charge is 0.391 e. The van der Waals surface area contributed by atoms with Gasteiger partial charge in [0.15, 0.2) is 0 Å². The Morgan fingerprint density at radius 1 is 1.00 bits per heavy atom. The molecule has 3 atom stereocenters. The number of rotatable bonds is 4. The first-order chi connectivity index (χ1) is 9.95. The normalized spacial score (nSPS) is 36.4. The lowest BCUT2D eigenvalue weighted by Gasteiger charge is -2.41. The molecule has 0 saturated heterocycles. The van der Waals surface area contributed by atoms with Crippen LogP contribution in [0.25, 0.3) is 0 Å². The third-order valence-corrected chi connectivity index (χ3v) is 5.98. The standard InChI is InChI=1S/C17H30F3N/c1-3-12-5-4-6-14(11-12)16(21-2)13-7-9-15(10-8-13)17(18,19)20/h12-16,21H,3-11H2,1-2H3. The van der Waals surface area contributed by atoms with Crippen LogP contribution < -0.4 is 5.32 Å². The lowest BCUT2D eigenvalue weighted by atomic mass is 9.69. The Bertz CT molecular complexity index is 308. The summed E-state index contributed by atoms with van der Waals surface area (Å²) in [5, 5.41) is 3.46. The number of alkyl halides is 3. The smallest absolute Gasteiger partial charge is 0.316 e. The molecule has 3 unspecified atom stereocenters. The molecule has 1 N–H and O–H groups in total. The van der Waals surface area contributed by atoms with Crippen LogP contribution >= 0.6 is 0 Å². The second-order valence-electron chi connectivity index (χ2n) is 7.17. The summed E-state index contributed by atoms with van der Waals surface area (Å²) in [6.07, 6.45) is 4.54. The van der Waals surface area contributed by atoms with Gasteiger partial charge in [-0.05, 0) is 63.3 Å². The highest BCUT2D eigenvalue weighted by molar-refractivity contribution is 4.89. The number of nitrogens with one attached hydrogen (secondary N) is 1. The lowest BCUT2D eigenvalue weighted by molar-refractivity contribution is -0.184. The van der Waals surface area contributed by atoms with Gasteiger partial charge in [0.25, 0.3) is 0 Å². The fourth-order valence-corrected chi connectivity index (χ4v) is 4.69. The van der Waals surface area contributed by atoms with E-state index in [2.05, 4.69) is 12.2 Å². The summed E-state index contributed by atoms with van der Waals surface area (Å²) in [5.74, 6) is 0.877. The molecule has 2 aliphatic carbocycles. The van der Waals surface area contributed by atoms with E-state index in [4.69, 9.17) is 0 Å². The Hall–Kier alpha value is -0.250. The average molecular weight is 305 g/mol. The second kappa shape index (κ2) is 7.34. The molecule has 0 radical (unpaired) electrons. The molecule has 0 amide bonds. The monoisotopic (exact) mass is 305 g/mol. The molecule has 2 saturated carbocycles. The molecule has 2 rings (SSSR count). The maximum atomic E-state index is 12.8. The molecule has 4 heteroatoms. The van der Waals surface area contributed by atoms with Gasteiger partial charge in [-0.3, -0.25) is 0 Å². The molecule has 21 heavy (non-hydrogen) atoms. The summed E-state index contributed by atoms with van der Waals surface area (Å²) in [6.45, 7) is 2.26. The van der Waals surface area contributed by atoms with Crippen LogP contribution in [0.15, 0.2) is 0 Å². The van der Waals surface area contributed by atoms with Crippen molar-refractivity contribution in [3.63, 3.8) is 0 Å². The van der Waals surface area contributed by atoms with E-state index in [-0.39, 0.29) is 0 Å². The van der Waals surface area contributed by atoms with Gasteiger partial charge < -0.3 is 5.32 Å². The second-order valence-corrected chi connectivity index (χ2v) is 7.17. The molecular weight excluding hydrogens is 275 g/mol. The van der Waals surface area contributed by atoms with Crippen molar-refractivity contribution < 1.29 is 13.2 Å². The Morgan fingerprint density at radius 2 is 1.67 bits per heavy atom. The predicted molar refractivity (Wildman–Crippen MR) is 80.1 cm³/mol. The summed E-state index contributed by atoms with van der Waals surface area (Å²) < 4.78 is 38.4. The van der Waals surface area contributed by atoms with E-state index in [9.17, 15) is 13.2 Å². The van der Waals surface area contributed by atoms with Crippen LogP contribution in [0.1, 0.15) is 64.7 Å². The molecule has 124 valence electrons. The predicted octanol–water partition coefficient (Wildman–Crippen LogP) is 5.16. The van der Waals surface area contributed by atoms with Crippen LogP contribution in [-0.4, -0.2) is 19.3 Å². The average Bonchev–Trinajstić information content (AvgIpc) is 2.48. The maximum Gasteiger partial charge on any atom is 0.391 e. The van der Waals surface area contributed by atoms with E-state index in [1.807, 2.05) is 7.05 Å². The summed E-state index contributed by atoms with van der Waals surface area (Å²) in [6, 6.07) is 0.425. The molecule has 0 aromatic carbocycles. The zero-order valence-corrected chi connectivity index (χ0v) is 13.4. The molecule has 2 fully saturated rings. The highest BCUT2D eigenvalue weighted by Gasteiger charge is 2.43. The summed E-state index contributed by atoms with van der Waals surface area (Å²) >= 11 is 0. The Kier molecular flexibility index (Phi) is 5.98. The van der Waals surface area contributed by atoms with Crippen LogP contribution in [-0.2, 0) is 0 Å². The molecular formula is C17H30F3N. The number of hydrogen-bond acceptors (Lipinski definition) is 1. The Labute approximate surface area is 127 Å². The van der Waals surface area contributed by atoms with Gasteiger partial charge in [-0.1, -0.05) is 26.2 Å². The Morgan fingerprint density at radius 3 is 2.19 bits per heavy atom. The fraction of sp³-hybridized carbons (Fsp3) is 1.00. The van der Waals surface area contributed by atoms with Crippen molar-refractivity contribution in [2.45, 2.75) is 76.9 Å². The molecule has 0 heterocycles. The molecule has 0 spiro atoms. The zero-order valence-electron chi connectivity index (χ0n) is 13.4. The van der Waals surface area contributed by atoms with Gasteiger partial charge in [0.05, 0.1) is 5.92 Å². The van der Waals surface area contributed by atoms with E-state index in [0.29, 0.717) is 30.7 Å².